The maximum absolute atomic E-state index is 11.7. The Morgan fingerprint density at radius 3 is 2.34 bits per heavy atom. The molecule has 2 aliphatic heterocycles. The molecule has 0 aromatic carbocycles. The third-order valence-electron chi connectivity index (χ3n) is 4.53. The van der Waals surface area contributed by atoms with E-state index in [-0.39, 0.29) is 24.4 Å². The molecule has 0 saturated carbocycles. The predicted molar refractivity (Wildman–Crippen MR) is 111 cm³/mol. The normalized spacial score (nSPS) is 20.9. The average Bonchev–Trinajstić information content (AvgIpc) is 3.29. The molecule has 0 aromatic rings. The van der Waals surface area contributed by atoms with Gasteiger partial charge in [0.15, 0.2) is 0 Å². The number of carboxylic acids is 1. The number of halogens is 1. The molecule has 0 aromatic heterocycles. The molecular weight excluding hydrogens is 402 g/mol. The maximum atomic E-state index is 11.7. The van der Waals surface area contributed by atoms with E-state index in [1.807, 2.05) is 7.05 Å². The van der Waals surface area contributed by atoms with Gasteiger partial charge < -0.3 is 24.8 Å². The molecule has 2 N–H and O–H groups in total. The number of aliphatic carboxylic acids is 1. The van der Waals surface area contributed by atoms with Crippen LogP contribution in [0.1, 0.15) is 46.5 Å². The minimum Gasteiger partial charge on any atom is -0.480 e. The Hall–Kier alpha value is -1.58. The van der Waals surface area contributed by atoms with Crippen LogP contribution < -0.4 is 5.32 Å². The summed E-state index contributed by atoms with van der Waals surface area (Å²) in [6, 6.07) is -0.679. The van der Waals surface area contributed by atoms with Crippen LogP contribution in [0, 0.1) is 0 Å². The number of carboxylic acid groups (broad SMARTS) is 1. The minimum atomic E-state index is -0.960. The van der Waals surface area contributed by atoms with Gasteiger partial charge in [-0.1, -0.05) is 0 Å². The second-order valence-corrected chi connectivity index (χ2v) is 8.07. The summed E-state index contributed by atoms with van der Waals surface area (Å²) >= 11 is 0. The molecule has 2 saturated heterocycles. The molecule has 29 heavy (non-hydrogen) atoms. The van der Waals surface area contributed by atoms with E-state index in [1.165, 1.54) is 4.90 Å². The van der Waals surface area contributed by atoms with Crippen molar-refractivity contribution in [3.8, 4) is 0 Å². The quantitative estimate of drug-likeness (QED) is 0.674. The molecule has 2 atom stereocenters. The number of ether oxygens (including phenoxy) is 2. The van der Waals surface area contributed by atoms with E-state index in [1.54, 1.807) is 32.8 Å². The van der Waals surface area contributed by atoms with Crippen LogP contribution in [-0.2, 0) is 19.1 Å². The zero-order chi connectivity index (χ0) is 21.3. The third kappa shape index (κ3) is 9.64. The van der Waals surface area contributed by atoms with Crippen LogP contribution >= 0.6 is 12.4 Å². The number of likely N-dealkylation sites (tertiary alicyclic amines) is 1. The van der Waals surface area contributed by atoms with Crippen LogP contribution in [-0.4, -0.2) is 91.0 Å². The molecule has 2 heterocycles. The second-order valence-electron chi connectivity index (χ2n) is 8.07. The van der Waals surface area contributed by atoms with E-state index >= 15 is 0 Å². The molecule has 0 unspecified atom stereocenters. The summed E-state index contributed by atoms with van der Waals surface area (Å²) in [5.41, 5.74) is -0.581. The lowest BCUT2D eigenvalue weighted by Crippen LogP contribution is -2.43. The lowest BCUT2D eigenvalue weighted by Gasteiger charge is -2.26. The molecule has 170 valence electrons. The number of nitrogens with one attached hydrogen (secondary N) is 1. The molecule has 0 aliphatic carbocycles. The SMILES string of the molecule is CC(C)(C)OC(=O)N1CCC[C@H]1C(=O)O.COCCN(C)C(=O)[C@@H]1CCCN1.Cl. The Morgan fingerprint density at radius 1 is 1.21 bits per heavy atom. The smallest absolute Gasteiger partial charge is 0.411 e. The van der Waals surface area contributed by atoms with Gasteiger partial charge in [0.25, 0.3) is 0 Å². The van der Waals surface area contributed by atoms with Gasteiger partial charge in [-0.15, -0.1) is 12.4 Å². The Balaban J connectivity index is 0.000000527. The first kappa shape index (κ1) is 27.4. The van der Waals surface area contributed by atoms with Crippen molar-refractivity contribution in [2.75, 3.05) is 40.4 Å². The molecule has 10 heteroatoms. The molecule has 2 fully saturated rings. The van der Waals surface area contributed by atoms with Gasteiger partial charge in [0, 0.05) is 27.2 Å². The predicted octanol–water partition coefficient (Wildman–Crippen LogP) is 1.74. The lowest BCUT2D eigenvalue weighted by molar-refractivity contribution is -0.142. The maximum Gasteiger partial charge on any atom is 0.411 e. The van der Waals surface area contributed by atoms with Crippen LogP contribution in [0.2, 0.25) is 0 Å². The molecule has 0 radical (unpaired) electrons. The molecule has 9 nitrogen and oxygen atoms in total. The number of hydrogen-bond acceptors (Lipinski definition) is 6. The zero-order valence-corrected chi connectivity index (χ0v) is 18.9. The van der Waals surface area contributed by atoms with Gasteiger partial charge in [0.05, 0.1) is 12.6 Å². The standard InChI is InChI=1S/C10H17NO4.C9H18N2O2.ClH/c1-10(2,3)15-9(14)11-6-4-5-7(11)8(12)13;1-11(6-7-13-2)9(12)8-4-3-5-10-8;/h7H,4-6H2,1-3H3,(H,12,13);8,10H,3-7H2,1-2H3;1H/t7-;8-;/m00./s1. The van der Waals surface area contributed by atoms with Crippen molar-refractivity contribution in [1.82, 2.24) is 15.1 Å². The van der Waals surface area contributed by atoms with E-state index in [9.17, 15) is 14.4 Å². The van der Waals surface area contributed by atoms with Gasteiger partial charge in [-0.2, -0.15) is 0 Å². The molecular formula is C19H36ClN3O6. The number of rotatable bonds is 5. The highest BCUT2D eigenvalue weighted by Crippen LogP contribution is 2.20. The van der Waals surface area contributed by atoms with Gasteiger partial charge in [0.2, 0.25) is 5.91 Å². The number of carbonyl (C=O) groups excluding carboxylic acids is 2. The van der Waals surface area contributed by atoms with Gasteiger partial charge in [0.1, 0.15) is 11.6 Å². The summed E-state index contributed by atoms with van der Waals surface area (Å²) in [6.07, 6.45) is 2.77. The highest BCUT2D eigenvalue weighted by Gasteiger charge is 2.36. The average molecular weight is 438 g/mol. The molecule has 2 amide bonds. The van der Waals surface area contributed by atoms with Crippen LogP contribution in [0.3, 0.4) is 0 Å². The van der Waals surface area contributed by atoms with Gasteiger partial charge in [-0.25, -0.2) is 9.59 Å². The van der Waals surface area contributed by atoms with E-state index in [0.717, 1.165) is 25.8 Å². The Bertz CT molecular complexity index is 535. The van der Waals surface area contributed by atoms with Crippen molar-refractivity contribution in [2.45, 2.75) is 64.1 Å². The van der Waals surface area contributed by atoms with E-state index in [0.29, 0.717) is 26.1 Å². The van der Waals surface area contributed by atoms with Gasteiger partial charge in [-0.05, 0) is 53.0 Å². The highest BCUT2D eigenvalue weighted by molar-refractivity contribution is 5.85. The Morgan fingerprint density at radius 2 is 1.86 bits per heavy atom. The highest BCUT2D eigenvalue weighted by atomic mass is 35.5. The first-order chi connectivity index (χ1) is 13.1. The van der Waals surface area contributed by atoms with Crippen molar-refractivity contribution in [2.24, 2.45) is 0 Å². The van der Waals surface area contributed by atoms with Crippen LogP contribution in [0.5, 0.6) is 0 Å². The topological polar surface area (TPSA) is 108 Å². The number of carbonyl (C=O) groups is 3. The van der Waals surface area contributed by atoms with Crippen molar-refractivity contribution in [3.05, 3.63) is 0 Å². The summed E-state index contributed by atoms with van der Waals surface area (Å²) in [6.45, 7) is 7.99. The summed E-state index contributed by atoms with van der Waals surface area (Å²) in [5.74, 6) is -0.770. The van der Waals surface area contributed by atoms with Crippen LogP contribution in [0.4, 0.5) is 4.79 Å². The largest absolute Gasteiger partial charge is 0.480 e. The zero-order valence-electron chi connectivity index (χ0n) is 18.1. The van der Waals surface area contributed by atoms with Crippen molar-refractivity contribution in [3.63, 3.8) is 0 Å². The first-order valence-electron chi connectivity index (χ1n) is 9.76. The monoisotopic (exact) mass is 437 g/mol. The second kappa shape index (κ2) is 12.9. The molecule has 0 spiro atoms. The fraction of sp³-hybridized carbons (Fsp3) is 0.842. The fourth-order valence-electron chi connectivity index (χ4n) is 3.06. The third-order valence-corrected chi connectivity index (χ3v) is 4.53. The summed E-state index contributed by atoms with van der Waals surface area (Å²) in [5, 5.41) is 12.1. The fourth-order valence-corrected chi connectivity index (χ4v) is 3.06. The lowest BCUT2D eigenvalue weighted by atomic mass is 10.2. The van der Waals surface area contributed by atoms with Crippen molar-refractivity contribution >= 4 is 30.4 Å². The number of nitrogens with zero attached hydrogens (tertiary/aromatic N) is 2. The molecule has 2 rings (SSSR count). The number of likely N-dealkylation sites (N-methyl/N-ethyl adjacent to an activating group) is 1. The minimum absolute atomic E-state index is 0. The Kier molecular flexibility index (Phi) is 12.2. The van der Waals surface area contributed by atoms with Crippen LogP contribution in [0.25, 0.3) is 0 Å². The van der Waals surface area contributed by atoms with E-state index < -0.39 is 23.7 Å². The van der Waals surface area contributed by atoms with E-state index in [2.05, 4.69) is 5.32 Å². The van der Waals surface area contributed by atoms with Gasteiger partial charge >= 0.3 is 12.1 Å². The number of amides is 2. The van der Waals surface area contributed by atoms with Gasteiger partial charge in [-0.3, -0.25) is 9.69 Å². The first-order valence-corrected chi connectivity index (χ1v) is 9.76. The molecule has 2 aliphatic rings. The number of hydrogen-bond donors (Lipinski definition) is 2. The van der Waals surface area contributed by atoms with Crippen molar-refractivity contribution in [1.29, 1.82) is 0 Å². The summed E-state index contributed by atoms with van der Waals surface area (Å²) in [4.78, 5) is 37.1. The number of methoxy groups -OCH3 is 1. The Labute approximate surface area is 179 Å². The van der Waals surface area contributed by atoms with E-state index in [4.69, 9.17) is 14.6 Å². The summed E-state index contributed by atoms with van der Waals surface area (Å²) < 4.78 is 10.0. The molecule has 0 bridgehead atoms. The van der Waals surface area contributed by atoms with Crippen molar-refractivity contribution < 1.29 is 29.0 Å². The summed E-state index contributed by atoms with van der Waals surface area (Å²) in [7, 11) is 3.47. The van der Waals surface area contributed by atoms with Crippen LogP contribution in [0.15, 0.2) is 0 Å².